The number of nitrogens with one attached hydrogen (secondary N) is 1. The van der Waals surface area contributed by atoms with Crippen molar-refractivity contribution < 1.29 is 8.42 Å². The zero-order valence-corrected chi connectivity index (χ0v) is 15.5. The number of benzene rings is 2. The Hall–Kier alpha value is -0.120. The van der Waals surface area contributed by atoms with E-state index in [2.05, 4.69) is 59.2 Å². The van der Waals surface area contributed by atoms with Crippen LogP contribution >= 0.6 is 54.5 Å². The fourth-order valence-electron chi connectivity index (χ4n) is 1.44. The molecule has 19 heavy (non-hydrogen) atoms. The van der Waals surface area contributed by atoms with Gasteiger partial charge in [0.2, 0.25) is 0 Å². The highest BCUT2D eigenvalue weighted by molar-refractivity contribution is 14.1. The number of anilines is 1. The molecule has 0 saturated carbocycles. The van der Waals surface area contributed by atoms with Gasteiger partial charge in [0.1, 0.15) is 4.90 Å². The SMILES string of the molecule is O=S(=O)(Nc1ccccc1I)c1ccc(Br)cc1Br. The van der Waals surface area contributed by atoms with E-state index in [0.29, 0.717) is 10.2 Å². The average Bonchev–Trinajstić information content (AvgIpc) is 2.31. The van der Waals surface area contributed by atoms with Crippen LogP contribution in [0.2, 0.25) is 0 Å². The van der Waals surface area contributed by atoms with Crippen LogP contribution in [0, 0.1) is 3.57 Å². The fraction of sp³-hybridized carbons (Fsp3) is 0. The van der Waals surface area contributed by atoms with Gasteiger partial charge in [0.25, 0.3) is 10.0 Å². The summed E-state index contributed by atoms with van der Waals surface area (Å²) in [7, 11) is -3.61. The lowest BCUT2D eigenvalue weighted by atomic mass is 10.3. The molecule has 0 radical (unpaired) electrons. The highest BCUT2D eigenvalue weighted by Gasteiger charge is 2.18. The van der Waals surface area contributed by atoms with E-state index in [1.165, 1.54) is 0 Å². The van der Waals surface area contributed by atoms with E-state index in [0.717, 1.165) is 8.04 Å². The fourth-order valence-corrected chi connectivity index (χ4v) is 4.97. The van der Waals surface area contributed by atoms with Crippen molar-refractivity contribution in [3.05, 3.63) is 55.0 Å². The molecule has 7 heteroatoms. The third-order valence-electron chi connectivity index (χ3n) is 2.30. The molecular formula is C12H8Br2INO2S. The van der Waals surface area contributed by atoms with Crippen LogP contribution in [0.1, 0.15) is 0 Å². The predicted octanol–water partition coefficient (Wildman–Crippen LogP) is 4.62. The summed E-state index contributed by atoms with van der Waals surface area (Å²) < 4.78 is 29.4. The molecule has 0 aliphatic heterocycles. The Morgan fingerprint density at radius 2 is 1.74 bits per heavy atom. The lowest BCUT2D eigenvalue weighted by molar-refractivity contribution is 0.600. The van der Waals surface area contributed by atoms with Crippen molar-refractivity contribution >= 4 is 70.2 Å². The molecule has 0 heterocycles. The first-order valence-corrected chi connectivity index (χ1v) is 9.27. The van der Waals surface area contributed by atoms with Gasteiger partial charge in [0.05, 0.1) is 5.69 Å². The predicted molar refractivity (Wildman–Crippen MR) is 91.8 cm³/mol. The van der Waals surface area contributed by atoms with Crippen molar-refractivity contribution in [2.75, 3.05) is 4.72 Å². The first kappa shape index (κ1) is 15.3. The molecule has 0 aromatic heterocycles. The molecule has 0 atom stereocenters. The summed E-state index contributed by atoms with van der Waals surface area (Å²) in [6, 6.07) is 12.2. The standard InChI is InChI=1S/C12H8Br2INO2S/c13-8-5-6-12(9(14)7-8)19(17,18)16-11-4-2-1-3-10(11)15/h1-7,16H. The maximum absolute atomic E-state index is 12.3. The largest absolute Gasteiger partial charge is 0.279 e. The summed E-state index contributed by atoms with van der Waals surface area (Å²) in [5.74, 6) is 0. The number of para-hydroxylation sites is 1. The van der Waals surface area contributed by atoms with Crippen LogP contribution in [0.5, 0.6) is 0 Å². The minimum absolute atomic E-state index is 0.204. The van der Waals surface area contributed by atoms with Gasteiger partial charge >= 0.3 is 0 Å². The Labute approximate surface area is 142 Å². The molecule has 2 rings (SSSR count). The van der Waals surface area contributed by atoms with Crippen LogP contribution in [0.3, 0.4) is 0 Å². The van der Waals surface area contributed by atoms with Crippen LogP contribution in [0.15, 0.2) is 56.3 Å². The summed E-state index contributed by atoms with van der Waals surface area (Å²) in [4.78, 5) is 0.204. The normalized spacial score (nSPS) is 11.3. The van der Waals surface area contributed by atoms with Gasteiger partial charge in [0.15, 0.2) is 0 Å². The second-order valence-electron chi connectivity index (χ2n) is 3.66. The van der Waals surface area contributed by atoms with Crippen LogP contribution in [0.4, 0.5) is 5.69 Å². The van der Waals surface area contributed by atoms with Gasteiger partial charge < -0.3 is 0 Å². The van der Waals surface area contributed by atoms with Gasteiger partial charge in [-0.25, -0.2) is 8.42 Å². The topological polar surface area (TPSA) is 46.2 Å². The number of rotatable bonds is 3. The Bertz CT molecular complexity index is 719. The van der Waals surface area contributed by atoms with Crippen molar-refractivity contribution in [1.29, 1.82) is 0 Å². The zero-order valence-electron chi connectivity index (χ0n) is 9.40. The Balaban J connectivity index is 2.41. The third-order valence-corrected chi connectivity index (χ3v) is 6.08. The molecule has 0 bridgehead atoms. The first-order chi connectivity index (χ1) is 8.90. The third kappa shape index (κ3) is 3.71. The summed E-state index contributed by atoms with van der Waals surface area (Å²) in [5, 5.41) is 0. The van der Waals surface area contributed by atoms with E-state index in [9.17, 15) is 8.42 Å². The van der Waals surface area contributed by atoms with Gasteiger partial charge in [0, 0.05) is 12.5 Å². The van der Waals surface area contributed by atoms with E-state index in [1.54, 1.807) is 30.3 Å². The van der Waals surface area contributed by atoms with E-state index < -0.39 is 10.0 Å². The molecule has 2 aromatic carbocycles. The molecular weight excluding hydrogens is 509 g/mol. The quantitative estimate of drug-likeness (QED) is 0.605. The van der Waals surface area contributed by atoms with Crippen LogP contribution < -0.4 is 4.72 Å². The molecule has 0 aliphatic carbocycles. The smallest absolute Gasteiger partial charge is 0.263 e. The molecule has 2 aromatic rings. The number of hydrogen-bond donors (Lipinski definition) is 1. The molecule has 100 valence electrons. The minimum Gasteiger partial charge on any atom is -0.279 e. The summed E-state index contributed by atoms with van der Waals surface area (Å²) in [6.07, 6.45) is 0. The average molecular weight is 517 g/mol. The van der Waals surface area contributed by atoms with Crippen molar-refractivity contribution in [3.63, 3.8) is 0 Å². The second kappa shape index (κ2) is 6.11. The molecule has 0 fully saturated rings. The van der Waals surface area contributed by atoms with Crippen molar-refractivity contribution in [2.45, 2.75) is 4.90 Å². The summed E-state index contributed by atoms with van der Waals surface area (Å²) in [6.45, 7) is 0. The molecule has 1 N–H and O–H groups in total. The van der Waals surface area contributed by atoms with Gasteiger partial charge in [-0.2, -0.15) is 0 Å². The Morgan fingerprint density at radius 1 is 1.05 bits per heavy atom. The molecule has 0 saturated heterocycles. The first-order valence-electron chi connectivity index (χ1n) is 5.12. The van der Waals surface area contributed by atoms with Crippen molar-refractivity contribution in [1.82, 2.24) is 0 Å². The van der Waals surface area contributed by atoms with Crippen molar-refractivity contribution in [3.8, 4) is 0 Å². The van der Waals surface area contributed by atoms with Crippen LogP contribution in [-0.2, 0) is 10.0 Å². The van der Waals surface area contributed by atoms with Gasteiger partial charge in [-0.1, -0.05) is 28.1 Å². The molecule has 3 nitrogen and oxygen atoms in total. The lowest BCUT2D eigenvalue weighted by Gasteiger charge is -2.11. The summed E-state index contributed by atoms with van der Waals surface area (Å²) >= 11 is 8.65. The van der Waals surface area contributed by atoms with Gasteiger partial charge in [-0.3, -0.25) is 4.72 Å². The summed E-state index contributed by atoms with van der Waals surface area (Å²) in [5.41, 5.74) is 0.568. The minimum atomic E-state index is -3.61. The van der Waals surface area contributed by atoms with Crippen molar-refractivity contribution in [2.24, 2.45) is 0 Å². The number of halogens is 3. The Morgan fingerprint density at radius 3 is 2.37 bits per heavy atom. The number of hydrogen-bond acceptors (Lipinski definition) is 2. The molecule has 0 amide bonds. The lowest BCUT2D eigenvalue weighted by Crippen LogP contribution is -2.14. The second-order valence-corrected chi connectivity index (χ2v) is 8.24. The van der Waals surface area contributed by atoms with E-state index in [-0.39, 0.29) is 4.90 Å². The van der Waals surface area contributed by atoms with Crippen LogP contribution in [0.25, 0.3) is 0 Å². The van der Waals surface area contributed by atoms with Gasteiger partial charge in [-0.15, -0.1) is 0 Å². The number of sulfonamides is 1. The van der Waals surface area contributed by atoms with Crippen LogP contribution in [-0.4, -0.2) is 8.42 Å². The van der Waals surface area contributed by atoms with E-state index in [4.69, 9.17) is 0 Å². The highest BCUT2D eigenvalue weighted by atomic mass is 127. The van der Waals surface area contributed by atoms with E-state index in [1.807, 2.05) is 12.1 Å². The molecule has 0 unspecified atom stereocenters. The highest BCUT2D eigenvalue weighted by Crippen LogP contribution is 2.28. The maximum atomic E-state index is 12.3. The molecule has 0 spiro atoms. The van der Waals surface area contributed by atoms with Gasteiger partial charge in [-0.05, 0) is 68.9 Å². The Kier molecular flexibility index (Phi) is 4.91. The van der Waals surface area contributed by atoms with E-state index >= 15 is 0 Å². The maximum Gasteiger partial charge on any atom is 0.263 e. The monoisotopic (exact) mass is 515 g/mol. The molecule has 0 aliphatic rings. The zero-order chi connectivity index (χ0) is 14.0.